The first-order chi connectivity index (χ1) is 8.84. The molecule has 1 aliphatic carbocycles. The molecule has 0 spiro atoms. The highest BCUT2D eigenvalue weighted by Gasteiger charge is 2.14. The van der Waals surface area contributed by atoms with Gasteiger partial charge >= 0.3 is 0 Å². The molecule has 1 aliphatic heterocycles. The van der Waals surface area contributed by atoms with E-state index < -0.39 is 0 Å². The maximum absolute atomic E-state index is 3.79. The van der Waals surface area contributed by atoms with Crippen LogP contribution in [-0.2, 0) is 0 Å². The van der Waals surface area contributed by atoms with Gasteiger partial charge in [-0.25, -0.2) is 0 Å². The molecule has 0 bridgehead atoms. The molecule has 1 N–H and O–H groups in total. The van der Waals surface area contributed by atoms with E-state index >= 15 is 0 Å². The highest BCUT2D eigenvalue weighted by molar-refractivity contribution is 4.73. The van der Waals surface area contributed by atoms with Crippen molar-refractivity contribution in [2.24, 2.45) is 0 Å². The van der Waals surface area contributed by atoms with E-state index in [1.54, 1.807) is 0 Å². The summed E-state index contributed by atoms with van der Waals surface area (Å²) in [6.45, 7) is 7.48. The van der Waals surface area contributed by atoms with Crippen molar-refractivity contribution >= 4 is 0 Å². The van der Waals surface area contributed by atoms with E-state index in [1.165, 1.54) is 84.2 Å². The van der Waals surface area contributed by atoms with E-state index in [2.05, 4.69) is 22.2 Å². The lowest BCUT2D eigenvalue weighted by atomic mass is 10.1. The number of hydrogen-bond donors (Lipinski definition) is 1. The SMILES string of the molecule is CN1CCCN(CCNC2CCCCCC2)CC1. The van der Waals surface area contributed by atoms with Gasteiger partial charge in [0, 0.05) is 32.2 Å². The molecule has 18 heavy (non-hydrogen) atoms. The van der Waals surface area contributed by atoms with Crippen LogP contribution >= 0.6 is 0 Å². The molecule has 1 saturated heterocycles. The van der Waals surface area contributed by atoms with Crippen LogP contribution in [-0.4, -0.2) is 62.2 Å². The summed E-state index contributed by atoms with van der Waals surface area (Å²) in [5.74, 6) is 0. The molecule has 3 nitrogen and oxygen atoms in total. The molecule has 2 rings (SSSR count). The van der Waals surface area contributed by atoms with Crippen LogP contribution in [0.1, 0.15) is 44.9 Å². The lowest BCUT2D eigenvalue weighted by molar-refractivity contribution is 0.269. The largest absolute Gasteiger partial charge is 0.313 e. The molecule has 2 aliphatic rings. The minimum absolute atomic E-state index is 0.808. The van der Waals surface area contributed by atoms with E-state index in [9.17, 15) is 0 Å². The molecule has 0 atom stereocenters. The Morgan fingerprint density at radius 3 is 2.44 bits per heavy atom. The number of hydrogen-bond acceptors (Lipinski definition) is 3. The van der Waals surface area contributed by atoms with Gasteiger partial charge in [-0.05, 0) is 39.4 Å². The first-order valence-electron chi connectivity index (χ1n) is 7.99. The second-order valence-electron chi connectivity index (χ2n) is 6.14. The third kappa shape index (κ3) is 5.25. The summed E-state index contributed by atoms with van der Waals surface area (Å²) in [5, 5.41) is 3.79. The zero-order chi connectivity index (χ0) is 12.6. The van der Waals surface area contributed by atoms with Crippen molar-refractivity contribution < 1.29 is 0 Å². The zero-order valence-electron chi connectivity index (χ0n) is 12.2. The topological polar surface area (TPSA) is 18.5 Å². The Balaban J connectivity index is 1.59. The highest BCUT2D eigenvalue weighted by atomic mass is 15.2. The van der Waals surface area contributed by atoms with Gasteiger partial charge in [-0.15, -0.1) is 0 Å². The molecule has 1 saturated carbocycles. The molecular formula is C15H31N3. The van der Waals surface area contributed by atoms with Crippen molar-refractivity contribution in [2.75, 3.05) is 46.3 Å². The normalized spacial score (nSPS) is 25.8. The molecule has 0 radical (unpaired) electrons. The second kappa shape index (κ2) is 8.13. The number of nitrogens with one attached hydrogen (secondary N) is 1. The summed E-state index contributed by atoms with van der Waals surface area (Å²) >= 11 is 0. The van der Waals surface area contributed by atoms with Crippen LogP contribution in [0.2, 0.25) is 0 Å². The summed E-state index contributed by atoms with van der Waals surface area (Å²) in [5.41, 5.74) is 0. The number of rotatable bonds is 4. The van der Waals surface area contributed by atoms with Crippen molar-refractivity contribution in [3.63, 3.8) is 0 Å². The van der Waals surface area contributed by atoms with Gasteiger partial charge in [-0.1, -0.05) is 25.7 Å². The molecule has 0 aromatic rings. The third-order valence-corrected chi connectivity index (χ3v) is 4.53. The zero-order valence-corrected chi connectivity index (χ0v) is 12.2. The predicted octanol–water partition coefficient (Wildman–Crippen LogP) is 1.94. The fourth-order valence-electron chi connectivity index (χ4n) is 3.23. The Hall–Kier alpha value is -0.120. The third-order valence-electron chi connectivity index (χ3n) is 4.53. The average molecular weight is 253 g/mol. The van der Waals surface area contributed by atoms with E-state index in [-0.39, 0.29) is 0 Å². The Bertz CT molecular complexity index is 212. The number of likely N-dealkylation sites (N-methyl/N-ethyl adjacent to an activating group) is 1. The van der Waals surface area contributed by atoms with Gasteiger partial charge < -0.3 is 15.1 Å². The summed E-state index contributed by atoms with van der Waals surface area (Å²) < 4.78 is 0. The quantitative estimate of drug-likeness (QED) is 0.773. The van der Waals surface area contributed by atoms with Crippen molar-refractivity contribution in [3.8, 4) is 0 Å². The van der Waals surface area contributed by atoms with E-state index in [0.717, 1.165) is 6.04 Å². The average Bonchev–Trinajstić information content (AvgIpc) is 2.73. The second-order valence-corrected chi connectivity index (χ2v) is 6.14. The Morgan fingerprint density at radius 1 is 0.889 bits per heavy atom. The van der Waals surface area contributed by atoms with Crippen molar-refractivity contribution in [1.82, 2.24) is 15.1 Å². The van der Waals surface area contributed by atoms with E-state index in [4.69, 9.17) is 0 Å². The smallest absolute Gasteiger partial charge is 0.0110 e. The fraction of sp³-hybridized carbons (Fsp3) is 1.00. The summed E-state index contributed by atoms with van der Waals surface area (Å²) in [7, 11) is 2.24. The van der Waals surface area contributed by atoms with Gasteiger partial charge in [0.2, 0.25) is 0 Å². The molecule has 1 heterocycles. The molecular weight excluding hydrogens is 222 g/mol. The molecule has 3 heteroatoms. The van der Waals surface area contributed by atoms with Gasteiger partial charge in [0.1, 0.15) is 0 Å². The van der Waals surface area contributed by atoms with Crippen LogP contribution < -0.4 is 5.32 Å². The van der Waals surface area contributed by atoms with Gasteiger partial charge in [0.25, 0.3) is 0 Å². The summed E-state index contributed by atoms with van der Waals surface area (Å²) in [6, 6.07) is 0.808. The minimum Gasteiger partial charge on any atom is -0.313 e. The van der Waals surface area contributed by atoms with Crippen molar-refractivity contribution in [2.45, 2.75) is 51.0 Å². The van der Waals surface area contributed by atoms with Crippen molar-refractivity contribution in [1.29, 1.82) is 0 Å². The van der Waals surface area contributed by atoms with E-state index in [0.29, 0.717) is 0 Å². The Morgan fingerprint density at radius 2 is 1.67 bits per heavy atom. The van der Waals surface area contributed by atoms with Crippen LogP contribution in [0.3, 0.4) is 0 Å². The van der Waals surface area contributed by atoms with Gasteiger partial charge in [0.15, 0.2) is 0 Å². The van der Waals surface area contributed by atoms with Gasteiger partial charge in [-0.2, -0.15) is 0 Å². The number of nitrogens with zero attached hydrogens (tertiary/aromatic N) is 2. The van der Waals surface area contributed by atoms with Crippen LogP contribution in [0.15, 0.2) is 0 Å². The molecule has 106 valence electrons. The van der Waals surface area contributed by atoms with Gasteiger partial charge in [0.05, 0.1) is 0 Å². The van der Waals surface area contributed by atoms with Gasteiger partial charge in [-0.3, -0.25) is 0 Å². The maximum Gasteiger partial charge on any atom is 0.0110 e. The molecule has 0 aromatic carbocycles. The predicted molar refractivity (Wildman–Crippen MR) is 78.0 cm³/mol. The highest BCUT2D eigenvalue weighted by Crippen LogP contribution is 2.16. The first-order valence-corrected chi connectivity index (χ1v) is 7.99. The maximum atomic E-state index is 3.79. The van der Waals surface area contributed by atoms with Crippen LogP contribution in [0, 0.1) is 0 Å². The fourth-order valence-corrected chi connectivity index (χ4v) is 3.23. The molecule has 0 amide bonds. The Labute approximate surface area is 113 Å². The molecule has 0 unspecified atom stereocenters. The summed E-state index contributed by atoms with van der Waals surface area (Å²) in [6.07, 6.45) is 9.93. The first kappa shape index (κ1) is 14.3. The van der Waals surface area contributed by atoms with Crippen molar-refractivity contribution in [3.05, 3.63) is 0 Å². The lowest BCUT2D eigenvalue weighted by Crippen LogP contribution is -2.38. The standard InChI is InChI=1S/C15H31N3/c1-17-10-6-11-18(14-13-17)12-9-16-15-7-4-2-3-5-8-15/h15-16H,2-14H2,1H3. The van der Waals surface area contributed by atoms with Crippen LogP contribution in [0.25, 0.3) is 0 Å². The minimum atomic E-state index is 0.808. The summed E-state index contributed by atoms with van der Waals surface area (Å²) in [4.78, 5) is 5.09. The lowest BCUT2D eigenvalue weighted by Gasteiger charge is -2.22. The molecule has 0 aromatic heterocycles. The monoisotopic (exact) mass is 253 g/mol. The van der Waals surface area contributed by atoms with Crippen LogP contribution in [0.4, 0.5) is 0 Å². The Kier molecular flexibility index (Phi) is 6.46. The van der Waals surface area contributed by atoms with E-state index in [1.807, 2.05) is 0 Å². The molecule has 2 fully saturated rings. The van der Waals surface area contributed by atoms with Crippen LogP contribution in [0.5, 0.6) is 0 Å².